The Kier molecular flexibility index (Phi) is 2.65. The Bertz CT molecular complexity index is 460. The van der Waals surface area contributed by atoms with Crippen LogP contribution in [0, 0.1) is 5.92 Å². The van der Waals surface area contributed by atoms with E-state index in [1.54, 1.807) is 6.92 Å². The second-order valence-corrected chi connectivity index (χ2v) is 5.76. The number of thioether (sulfide) groups is 1. The molecule has 3 rings (SSSR count). The van der Waals surface area contributed by atoms with Gasteiger partial charge in [-0.15, -0.1) is 11.8 Å². The number of rotatable bonds is 2. The minimum atomic E-state index is -1.10. The van der Waals surface area contributed by atoms with Crippen LogP contribution in [0.4, 0.5) is 0 Å². The van der Waals surface area contributed by atoms with E-state index in [0.717, 1.165) is 0 Å². The monoisotopic (exact) mass is 271 g/mol. The van der Waals surface area contributed by atoms with Gasteiger partial charge in [0.2, 0.25) is 5.91 Å². The van der Waals surface area contributed by atoms with Crippen molar-refractivity contribution in [2.75, 3.05) is 12.4 Å². The molecule has 2 fully saturated rings. The van der Waals surface area contributed by atoms with Gasteiger partial charge in [-0.25, -0.2) is 4.79 Å². The van der Waals surface area contributed by atoms with Gasteiger partial charge in [-0.3, -0.25) is 9.69 Å². The lowest BCUT2D eigenvalue weighted by Crippen LogP contribution is -2.65. The molecule has 0 spiro atoms. The summed E-state index contributed by atoms with van der Waals surface area (Å²) in [5.41, 5.74) is 0.0385. The fraction of sp³-hybridized carbons (Fsp3) is 0.636. The van der Waals surface area contributed by atoms with Crippen LogP contribution in [0.1, 0.15) is 6.92 Å². The van der Waals surface area contributed by atoms with E-state index in [2.05, 4.69) is 0 Å². The van der Waals surface area contributed by atoms with E-state index in [4.69, 9.17) is 4.74 Å². The first-order valence-corrected chi connectivity index (χ1v) is 6.75. The average molecular weight is 271 g/mol. The lowest BCUT2D eigenvalue weighted by Gasteiger charge is -2.46. The van der Waals surface area contributed by atoms with Gasteiger partial charge in [-0.1, -0.05) is 0 Å². The Morgan fingerprint density at radius 2 is 2.33 bits per heavy atom. The van der Waals surface area contributed by atoms with Crippen LogP contribution >= 0.6 is 11.8 Å². The van der Waals surface area contributed by atoms with Crippen LogP contribution in [-0.2, 0) is 14.3 Å². The molecule has 0 bridgehead atoms. The zero-order valence-corrected chi connectivity index (χ0v) is 10.5. The zero-order chi connectivity index (χ0) is 13.0. The standard InChI is InChI=1S/C11H13NO5S/c1-4(13)5-6-8-9(18-3-2-17-8)7(11(15)16)12(6)10(5)14/h4-6,8,13H,2-3H2,1H3,(H,15,16)/t4-,5-,6+,8+/m1/s1. The van der Waals surface area contributed by atoms with Gasteiger partial charge in [0.1, 0.15) is 11.8 Å². The number of aliphatic hydroxyl groups is 1. The van der Waals surface area contributed by atoms with Crippen molar-refractivity contribution in [1.82, 2.24) is 4.90 Å². The maximum atomic E-state index is 11.9. The van der Waals surface area contributed by atoms with E-state index < -0.39 is 18.0 Å². The van der Waals surface area contributed by atoms with Gasteiger partial charge >= 0.3 is 5.97 Å². The molecule has 3 heterocycles. The maximum Gasteiger partial charge on any atom is 0.353 e. The van der Waals surface area contributed by atoms with E-state index in [1.165, 1.54) is 16.7 Å². The number of ether oxygens (including phenoxy) is 1. The number of nitrogens with zero attached hydrogens (tertiary/aromatic N) is 1. The maximum absolute atomic E-state index is 11.9. The predicted molar refractivity (Wildman–Crippen MR) is 62.7 cm³/mol. The molecule has 18 heavy (non-hydrogen) atoms. The highest BCUT2D eigenvalue weighted by atomic mass is 32.2. The quantitative estimate of drug-likeness (QED) is 0.667. The molecule has 4 atom stereocenters. The van der Waals surface area contributed by atoms with Gasteiger partial charge in [-0.05, 0) is 6.92 Å². The van der Waals surface area contributed by atoms with Gasteiger partial charge in [0.15, 0.2) is 0 Å². The average Bonchev–Trinajstić information content (AvgIpc) is 2.60. The minimum absolute atomic E-state index is 0.0385. The van der Waals surface area contributed by atoms with Crippen molar-refractivity contribution in [3.63, 3.8) is 0 Å². The van der Waals surface area contributed by atoms with Gasteiger partial charge in [0, 0.05) is 10.7 Å². The normalized spacial score (nSPS) is 36.0. The molecular formula is C11H13NO5S. The number of amides is 1. The summed E-state index contributed by atoms with van der Waals surface area (Å²) in [5, 5.41) is 18.9. The summed E-state index contributed by atoms with van der Waals surface area (Å²) in [6.45, 7) is 2.09. The Labute approximate surface area is 108 Å². The van der Waals surface area contributed by atoms with Crippen LogP contribution in [0.5, 0.6) is 0 Å². The summed E-state index contributed by atoms with van der Waals surface area (Å²) in [4.78, 5) is 25.1. The van der Waals surface area contributed by atoms with E-state index in [0.29, 0.717) is 17.3 Å². The summed E-state index contributed by atoms with van der Waals surface area (Å²) in [5.74, 6) is -1.29. The number of aliphatic hydroxyl groups excluding tert-OH is 1. The zero-order valence-electron chi connectivity index (χ0n) is 9.70. The van der Waals surface area contributed by atoms with Crippen LogP contribution < -0.4 is 0 Å². The molecule has 0 aromatic rings. The third kappa shape index (κ3) is 1.38. The van der Waals surface area contributed by atoms with Crippen molar-refractivity contribution in [3.05, 3.63) is 10.6 Å². The lowest BCUT2D eigenvalue weighted by molar-refractivity contribution is -0.167. The molecule has 0 saturated carbocycles. The topological polar surface area (TPSA) is 87.1 Å². The molecule has 0 aromatic carbocycles. The molecule has 0 radical (unpaired) electrons. The fourth-order valence-corrected chi connectivity index (χ4v) is 3.97. The first kappa shape index (κ1) is 12.0. The van der Waals surface area contributed by atoms with Crippen molar-refractivity contribution >= 4 is 23.6 Å². The number of aliphatic carboxylic acids is 1. The second kappa shape index (κ2) is 3.97. The highest BCUT2D eigenvalue weighted by molar-refractivity contribution is 8.03. The van der Waals surface area contributed by atoms with E-state index in [-0.39, 0.29) is 23.8 Å². The Balaban J connectivity index is 2.00. The van der Waals surface area contributed by atoms with Gasteiger partial charge in [0.25, 0.3) is 0 Å². The third-order valence-electron chi connectivity index (χ3n) is 3.59. The molecule has 3 aliphatic rings. The summed E-state index contributed by atoms with van der Waals surface area (Å²) in [6, 6.07) is -0.355. The molecule has 7 heteroatoms. The van der Waals surface area contributed by atoms with Crippen molar-refractivity contribution in [2.24, 2.45) is 5.92 Å². The van der Waals surface area contributed by atoms with Crippen LogP contribution in [0.2, 0.25) is 0 Å². The number of fused-ring (bicyclic) bond motifs is 3. The predicted octanol–water partition coefficient (Wildman–Crippen LogP) is -0.364. The largest absolute Gasteiger partial charge is 0.477 e. The van der Waals surface area contributed by atoms with Crippen molar-refractivity contribution in [2.45, 2.75) is 25.2 Å². The second-order valence-electron chi connectivity index (χ2n) is 4.62. The molecule has 0 aliphatic carbocycles. The lowest BCUT2D eigenvalue weighted by atomic mass is 9.82. The fourth-order valence-electron chi connectivity index (χ4n) is 2.88. The number of hydrogen-bond donors (Lipinski definition) is 2. The smallest absolute Gasteiger partial charge is 0.353 e. The molecule has 0 aromatic heterocycles. The van der Waals surface area contributed by atoms with Crippen molar-refractivity contribution in [1.29, 1.82) is 0 Å². The van der Waals surface area contributed by atoms with E-state index in [1.807, 2.05) is 0 Å². The Morgan fingerprint density at radius 3 is 2.94 bits per heavy atom. The molecule has 3 aliphatic heterocycles. The minimum Gasteiger partial charge on any atom is -0.477 e. The van der Waals surface area contributed by atoms with Crippen molar-refractivity contribution < 1.29 is 24.5 Å². The van der Waals surface area contributed by atoms with Gasteiger partial charge < -0.3 is 14.9 Å². The van der Waals surface area contributed by atoms with Crippen LogP contribution in [-0.4, -0.2) is 57.6 Å². The summed E-state index contributed by atoms with van der Waals surface area (Å²) >= 11 is 1.43. The highest BCUT2D eigenvalue weighted by Gasteiger charge is 2.62. The summed E-state index contributed by atoms with van der Waals surface area (Å²) < 4.78 is 5.60. The molecule has 2 saturated heterocycles. The van der Waals surface area contributed by atoms with Crippen LogP contribution in [0.3, 0.4) is 0 Å². The molecular weight excluding hydrogens is 258 g/mol. The first-order chi connectivity index (χ1) is 8.54. The van der Waals surface area contributed by atoms with Crippen LogP contribution in [0.25, 0.3) is 0 Å². The summed E-state index contributed by atoms with van der Waals surface area (Å²) in [6.07, 6.45) is -1.17. The highest BCUT2D eigenvalue weighted by Crippen LogP contribution is 2.49. The Hall–Kier alpha value is -1.05. The van der Waals surface area contributed by atoms with Crippen LogP contribution in [0.15, 0.2) is 10.6 Å². The number of carbonyl (C=O) groups is 2. The molecule has 6 nitrogen and oxygen atoms in total. The molecule has 0 unspecified atom stereocenters. The van der Waals surface area contributed by atoms with Crippen molar-refractivity contribution in [3.8, 4) is 0 Å². The van der Waals surface area contributed by atoms with E-state index in [9.17, 15) is 19.8 Å². The number of carbonyl (C=O) groups excluding carboxylic acids is 1. The van der Waals surface area contributed by atoms with Gasteiger partial charge in [-0.2, -0.15) is 0 Å². The van der Waals surface area contributed by atoms with Gasteiger partial charge in [0.05, 0.1) is 24.7 Å². The number of β-lactam (4-membered cyclic amide) rings is 1. The number of carboxylic acids is 1. The Morgan fingerprint density at radius 1 is 1.61 bits per heavy atom. The number of carboxylic acid groups (broad SMARTS) is 1. The number of hydrogen-bond acceptors (Lipinski definition) is 5. The molecule has 1 amide bonds. The third-order valence-corrected chi connectivity index (χ3v) is 4.70. The SMILES string of the molecule is C[C@@H](O)[C@H]1C(=O)N2C(C(=O)O)=C3SCCO[C@H]3[C@H]12. The summed E-state index contributed by atoms with van der Waals surface area (Å²) in [7, 11) is 0. The molecule has 98 valence electrons. The first-order valence-electron chi connectivity index (χ1n) is 5.77. The molecule has 2 N–H and O–H groups in total. The van der Waals surface area contributed by atoms with E-state index >= 15 is 0 Å².